The third-order valence-electron chi connectivity index (χ3n) is 12.4. The van der Waals surface area contributed by atoms with Gasteiger partial charge < -0.3 is 30.1 Å². The Kier molecular flexibility index (Phi) is 8.72. The maximum Gasteiger partial charge on any atom is 0.178 e. The molecular weight excluding hydrogens is 761 g/mol. The minimum Gasteiger partial charge on any atom is -0.452 e. The van der Waals surface area contributed by atoms with Gasteiger partial charge in [-0.1, -0.05) is 64.1 Å². The molecule has 0 radical (unpaired) electrons. The van der Waals surface area contributed by atoms with E-state index in [0.29, 0.717) is 11.8 Å². The van der Waals surface area contributed by atoms with E-state index in [1.807, 2.05) is 24.3 Å². The van der Waals surface area contributed by atoms with E-state index in [1.165, 1.54) is 11.1 Å². The lowest BCUT2D eigenvalue weighted by molar-refractivity contribution is 0.634. The van der Waals surface area contributed by atoms with Gasteiger partial charge in [-0.25, -0.2) is 0 Å². The van der Waals surface area contributed by atoms with Crippen molar-refractivity contribution in [1.82, 2.24) is 0 Å². The van der Waals surface area contributed by atoms with Crippen LogP contribution in [-0.4, -0.2) is 0 Å². The van der Waals surface area contributed by atoms with E-state index in [1.54, 1.807) is 0 Å². The van der Waals surface area contributed by atoms with E-state index in [2.05, 4.69) is 183 Å². The molecule has 62 heavy (non-hydrogen) atoms. The highest BCUT2D eigenvalue weighted by molar-refractivity contribution is 6.21. The molecule has 9 aromatic carbocycles. The lowest BCUT2D eigenvalue weighted by atomic mass is 10.0. The van der Waals surface area contributed by atoms with Crippen molar-refractivity contribution in [2.75, 3.05) is 21.3 Å². The Morgan fingerprint density at radius 1 is 0.339 bits per heavy atom. The van der Waals surface area contributed by atoms with Crippen LogP contribution in [0.5, 0.6) is 0 Å². The fraction of sp³-hybridized carbons (Fsp3) is 0.107. The molecule has 0 spiro atoms. The number of nitrogens with two attached hydrogens (primary N) is 2. The molecule has 2 aromatic heterocycles. The number of nitrogens with zero attached hydrogens (tertiary/aromatic N) is 2. The first-order valence-electron chi connectivity index (χ1n) is 21.4. The van der Waals surface area contributed by atoms with Crippen LogP contribution >= 0.6 is 0 Å². The van der Waals surface area contributed by atoms with Gasteiger partial charge in [-0.05, 0) is 178 Å². The van der Waals surface area contributed by atoms with Gasteiger partial charge in [0.05, 0.1) is 0 Å². The molecule has 0 bridgehead atoms. The Labute approximate surface area is 360 Å². The molecule has 0 aliphatic carbocycles. The van der Waals surface area contributed by atoms with E-state index in [9.17, 15) is 0 Å². The molecule has 302 valence electrons. The number of anilines is 8. The van der Waals surface area contributed by atoms with Gasteiger partial charge in [-0.2, -0.15) is 0 Å². The summed E-state index contributed by atoms with van der Waals surface area (Å²) in [5.41, 5.74) is 25.8. The van der Waals surface area contributed by atoms with Crippen LogP contribution < -0.4 is 21.3 Å². The standard InChI is InChI=1S/C56H46N4O2/c1-33(2)35-5-15-43(16-6-35)59(45-21-11-41(57)12-22-45)47-19-9-37-29-51-49-25-26-50-52-30-38-10-20-48(28-40(38)32-54(52)62-56(50)55(49)61-53(51)31-39(37)27-47)60(46-23-13-42(58)14-24-46)44-17-7-36(8-18-44)34(3)4/h5-34H,57-58H2,1-4H3. The number of benzene rings is 9. The highest BCUT2D eigenvalue weighted by atomic mass is 16.4. The minimum atomic E-state index is 0.450. The van der Waals surface area contributed by atoms with Gasteiger partial charge in [0.15, 0.2) is 11.2 Å². The summed E-state index contributed by atoms with van der Waals surface area (Å²) in [5.74, 6) is 0.901. The second-order valence-electron chi connectivity index (χ2n) is 17.1. The molecule has 0 amide bonds. The lowest BCUT2D eigenvalue weighted by Gasteiger charge is -2.26. The molecular formula is C56H46N4O2. The number of fused-ring (bicyclic) bond motifs is 9. The van der Waals surface area contributed by atoms with Crippen LogP contribution in [0.1, 0.15) is 50.7 Å². The smallest absolute Gasteiger partial charge is 0.178 e. The zero-order chi connectivity index (χ0) is 42.2. The predicted octanol–water partition coefficient (Wildman–Crippen LogP) is 16.1. The van der Waals surface area contributed by atoms with Gasteiger partial charge in [-0.3, -0.25) is 0 Å². The largest absolute Gasteiger partial charge is 0.452 e. The van der Waals surface area contributed by atoms with E-state index < -0.39 is 0 Å². The Hall–Kier alpha value is -7.70. The number of hydrogen-bond donors (Lipinski definition) is 2. The molecule has 11 aromatic rings. The highest BCUT2D eigenvalue weighted by Gasteiger charge is 2.20. The maximum atomic E-state index is 6.76. The second-order valence-corrected chi connectivity index (χ2v) is 17.1. The fourth-order valence-electron chi connectivity index (χ4n) is 8.96. The van der Waals surface area contributed by atoms with Crippen molar-refractivity contribution in [1.29, 1.82) is 0 Å². The van der Waals surface area contributed by atoms with Crippen molar-refractivity contribution < 1.29 is 8.83 Å². The number of nitrogen functional groups attached to an aromatic ring is 2. The van der Waals surface area contributed by atoms with Crippen LogP contribution in [0.2, 0.25) is 0 Å². The van der Waals surface area contributed by atoms with Gasteiger partial charge >= 0.3 is 0 Å². The average molecular weight is 807 g/mol. The summed E-state index contributed by atoms with van der Waals surface area (Å²) in [6.45, 7) is 8.88. The summed E-state index contributed by atoms with van der Waals surface area (Å²) in [6, 6.07) is 60.1. The van der Waals surface area contributed by atoms with Gasteiger partial charge in [0.1, 0.15) is 11.2 Å². The van der Waals surface area contributed by atoms with Crippen molar-refractivity contribution in [2.45, 2.75) is 39.5 Å². The van der Waals surface area contributed by atoms with E-state index in [-0.39, 0.29) is 0 Å². The van der Waals surface area contributed by atoms with E-state index in [0.717, 1.165) is 111 Å². The van der Waals surface area contributed by atoms with Crippen molar-refractivity contribution in [2.24, 2.45) is 0 Å². The molecule has 0 aliphatic rings. The summed E-state index contributed by atoms with van der Waals surface area (Å²) >= 11 is 0. The van der Waals surface area contributed by atoms with Crippen molar-refractivity contribution in [3.63, 3.8) is 0 Å². The molecule has 0 saturated heterocycles. The second kappa shape index (κ2) is 14.5. The average Bonchev–Trinajstić information content (AvgIpc) is 3.84. The Morgan fingerprint density at radius 2 is 0.677 bits per heavy atom. The van der Waals surface area contributed by atoms with E-state index >= 15 is 0 Å². The quantitative estimate of drug-likeness (QED) is 0.149. The normalized spacial score (nSPS) is 12.0. The predicted molar refractivity (Wildman–Crippen MR) is 262 cm³/mol. The topological polar surface area (TPSA) is 84.8 Å². The van der Waals surface area contributed by atoms with Crippen molar-refractivity contribution in [3.8, 4) is 0 Å². The summed E-state index contributed by atoms with van der Waals surface area (Å²) < 4.78 is 13.5. The number of hydrogen-bond acceptors (Lipinski definition) is 6. The van der Waals surface area contributed by atoms with Gasteiger partial charge in [0.25, 0.3) is 0 Å². The minimum absolute atomic E-state index is 0.450. The zero-order valence-electron chi connectivity index (χ0n) is 35.2. The first-order valence-corrected chi connectivity index (χ1v) is 21.4. The molecule has 0 aliphatic heterocycles. The zero-order valence-corrected chi connectivity index (χ0v) is 35.2. The molecule has 4 N–H and O–H groups in total. The first-order chi connectivity index (χ1) is 30.1. The summed E-state index contributed by atoms with van der Waals surface area (Å²) in [7, 11) is 0. The fourth-order valence-corrected chi connectivity index (χ4v) is 8.96. The van der Waals surface area contributed by atoms with Crippen LogP contribution in [0, 0.1) is 0 Å². The van der Waals surface area contributed by atoms with Crippen LogP contribution in [0.25, 0.3) is 65.4 Å². The van der Waals surface area contributed by atoms with Crippen molar-refractivity contribution >= 4 is 111 Å². The summed E-state index contributed by atoms with van der Waals surface area (Å²) in [6.07, 6.45) is 0. The Morgan fingerprint density at radius 3 is 1.03 bits per heavy atom. The van der Waals surface area contributed by atoms with Crippen LogP contribution in [0.15, 0.2) is 179 Å². The van der Waals surface area contributed by atoms with Gasteiger partial charge in [0.2, 0.25) is 0 Å². The lowest BCUT2D eigenvalue weighted by Crippen LogP contribution is -2.10. The molecule has 6 heteroatoms. The van der Waals surface area contributed by atoms with Crippen LogP contribution in [0.4, 0.5) is 45.5 Å². The molecule has 6 nitrogen and oxygen atoms in total. The molecule has 0 unspecified atom stereocenters. The maximum absolute atomic E-state index is 6.76. The molecule has 11 rings (SSSR count). The third-order valence-corrected chi connectivity index (χ3v) is 12.4. The monoisotopic (exact) mass is 806 g/mol. The SMILES string of the molecule is CC(C)c1ccc(N(c2ccc(N)cc2)c2ccc3cc4c(cc3c2)oc2c4ccc3c4cc5ccc(N(c6ccc(N)cc6)c6ccc(C(C)C)cc6)cc5cc4oc32)cc1. The van der Waals surface area contributed by atoms with Gasteiger partial charge in [-0.15, -0.1) is 0 Å². The highest BCUT2D eigenvalue weighted by Crippen LogP contribution is 2.44. The molecule has 0 saturated carbocycles. The Bertz CT molecular complexity index is 3240. The summed E-state index contributed by atoms with van der Waals surface area (Å²) in [4.78, 5) is 4.55. The molecule has 2 heterocycles. The summed E-state index contributed by atoms with van der Waals surface area (Å²) in [5, 5.41) is 8.60. The van der Waals surface area contributed by atoms with Crippen LogP contribution in [0.3, 0.4) is 0 Å². The first kappa shape index (κ1) is 37.3. The van der Waals surface area contributed by atoms with Crippen molar-refractivity contribution in [3.05, 3.63) is 181 Å². The Balaban J connectivity index is 1.00. The molecule has 0 atom stereocenters. The number of rotatable bonds is 8. The third kappa shape index (κ3) is 6.34. The molecule has 0 fully saturated rings. The van der Waals surface area contributed by atoms with E-state index in [4.69, 9.17) is 20.3 Å². The van der Waals surface area contributed by atoms with Crippen LogP contribution in [-0.2, 0) is 0 Å². The number of furan rings is 2. The van der Waals surface area contributed by atoms with Gasteiger partial charge in [0, 0.05) is 67.0 Å².